The number of ether oxygens (including phenoxy) is 1. The topological polar surface area (TPSA) is 70.2 Å². The molecule has 0 spiro atoms. The molecule has 31 heavy (non-hydrogen) atoms. The highest BCUT2D eigenvalue weighted by Crippen LogP contribution is 2.31. The van der Waals surface area contributed by atoms with E-state index in [2.05, 4.69) is 10.2 Å². The summed E-state index contributed by atoms with van der Waals surface area (Å²) in [7, 11) is 1.56. The van der Waals surface area contributed by atoms with Gasteiger partial charge in [0.1, 0.15) is 23.1 Å². The molecule has 6 nitrogen and oxygen atoms in total. The molecule has 0 amide bonds. The first kappa shape index (κ1) is 20.8. The minimum atomic E-state index is -0.765. The number of furan rings is 1. The van der Waals surface area contributed by atoms with Gasteiger partial charge in [-0.25, -0.2) is 8.78 Å². The lowest BCUT2D eigenvalue weighted by Gasteiger charge is -2.11. The molecule has 0 aliphatic carbocycles. The van der Waals surface area contributed by atoms with Crippen LogP contribution >= 0.6 is 11.8 Å². The second-order valence-corrected chi connectivity index (χ2v) is 7.45. The molecule has 9 heteroatoms. The molecule has 0 atom stereocenters. The fourth-order valence-corrected chi connectivity index (χ4v) is 3.87. The minimum Gasteiger partial charge on any atom is -0.496 e. The van der Waals surface area contributed by atoms with Gasteiger partial charge in [-0.1, -0.05) is 23.9 Å². The van der Waals surface area contributed by atoms with E-state index in [0.717, 1.165) is 35.5 Å². The molecule has 0 aliphatic rings. The lowest BCUT2D eigenvalue weighted by Crippen LogP contribution is -2.08. The number of methoxy groups -OCH3 is 1. The van der Waals surface area contributed by atoms with Crippen LogP contribution in [0.25, 0.3) is 11.4 Å². The first-order valence-corrected chi connectivity index (χ1v) is 10.3. The average molecular weight is 441 g/mol. The molecule has 2 aromatic carbocycles. The fourth-order valence-electron chi connectivity index (χ4n) is 3.04. The van der Waals surface area contributed by atoms with Crippen molar-refractivity contribution in [1.29, 1.82) is 0 Å². The van der Waals surface area contributed by atoms with Gasteiger partial charge in [-0.2, -0.15) is 0 Å². The average Bonchev–Trinajstić information content (AvgIpc) is 3.44. The van der Waals surface area contributed by atoms with Gasteiger partial charge in [0.15, 0.2) is 16.8 Å². The molecule has 158 valence electrons. The van der Waals surface area contributed by atoms with Crippen molar-refractivity contribution in [3.05, 3.63) is 83.8 Å². The second-order valence-electron chi connectivity index (χ2n) is 6.51. The zero-order valence-electron chi connectivity index (χ0n) is 16.4. The number of carbonyl (C=O) groups is 1. The van der Waals surface area contributed by atoms with E-state index in [9.17, 15) is 13.6 Å². The molecule has 0 saturated carbocycles. The number of halogens is 2. The minimum absolute atomic E-state index is 0.136. The Labute approximate surface area is 180 Å². The Morgan fingerprint density at radius 1 is 1.13 bits per heavy atom. The van der Waals surface area contributed by atoms with Gasteiger partial charge in [-0.05, 0) is 42.5 Å². The van der Waals surface area contributed by atoms with Crippen LogP contribution in [0.2, 0.25) is 0 Å². The molecule has 4 aromatic rings. The Hall–Kier alpha value is -3.46. The van der Waals surface area contributed by atoms with Crippen molar-refractivity contribution in [3.63, 3.8) is 0 Å². The van der Waals surface area contributed by atoms with Crippen molar-refractivity contribution < 1.29 is 22.7 Å². The maximum Gasteiger partial charge on any atom is 0.192 e. The highest BCUT2D eigenvalue weighted by Gasteiger charge is 2.20. The van der Waals surface area contributed by atoms with Crippen molar-refractivity contribution in [3.8, 4) is 17.1 Å². The van der Waals surface area contributed by atoms with E-state index in [1.807, 2.05) is 30.3 Å². The van der Waals surface area contributed by atoms with Gasteiger partial charge in [0.25, 0.3) is 0 Å². The van der Waals surface area contributed by atoms with Crippen LogP contribution in [0.3, 0.4) is 0 Å². The normalized spacial score (nSPS) is 10.9. The summed E-state index contributed by atoms with van der Waals surface area (Å²) in [5.74, 6) is -0.310. The van der Waals surface area contributed by atoms with E-state index in [1.165, 1.54) is 0 Å². The van der Waals surface area contributed by atoms with Gasteiger partial charge in [0.2, 0.25) is 0 Å². The number of benzene rings is 2. The van der Waals surface area contributed by atoms with E-state index in [0.29, 0.717) is 29.0 Å². The van der Waals surface area contributed by atoms with Crippen LogP contribution in [0, 0.1) is 11.6 Å². The predicted molar refractivity (Wildman–Crippen MR) is 111 cm³/mol. The molecule has 0 radical (unpaired) electrons. The maximum atomic E-state index is 13.9. The number of nitrogens with zero attached hydrogens (tertiary/aromatic N) is 3. The van der Waals surface area contributed by atoms with Gasteiger partial charge in [-0.15, -0.1) is 10.2 Å². The first-order chi connectivity index (χ1) is 15.1. The standard InChI is InChI=1S/C22H17F2N3O3S/c1-29-20-7-3-2-6-16(20)21-25-26-22(27(21)12-15-5-4-10-30-15)31-13-19(28)17-11-14(23)8-9-18(17)24/h2-11H,12-13H2,1H3. The van der Waals surface area contributed by atoms with Crippen molar-refractivity contribution >= 4 is 17.5 Å². The third-order valence-corrected chi connectivity index (χ3v) is 5.49. The van der Waals surface area contributed by atoms with Crippen LogP contribution in [0.1, 0.15) is 16.1 Å². The quantitative estimate of drug-likeness (QED) is 0.288. The Bertz CT molecular complexity index is 1210. The number of ketones is 1. The van der Waals surface area contributed by atoms with Crippen LogP contribution in [0.15, 0.2) is 70.4 Å². The van der Waals surface area contributed by atoms with Crippen molar-refractivity contribution in [2.75, 3.05) is 12.9 Å². The lowest BCUT2D eigenvalue weighted by atomic mass is 10.1. The van der Waals surface area contributed by atoms with Crippen LogP contribution in [-0.2, 0) is 6.54 Å². The van der Waals surface area contributed by atoms with Crippen LogP contribution < -0.4 is 4.74 Å². The molecule has 0 aliphatic heterocycles. The lowest BCUT2D eigenvalue weighted by molar-refractivity contribution is 0.101. The number of hydrogen-bond acceptors (Lipinski definition) is 6. The Balaban J connectivity index is 1.65. The predicted octanol–water partition coefficient (Wildman–Crippen LogP) is 4.85. The summed E-state index contributed by atoms with van der Waals surface area (Å²) >= 11 is 1.08. The molecule has 0 fully saturated rings. The number of hydrogen-bond donors (Lipinski definition) is 0. The fraction of sp³-hybridized carbons (Fsp3) is 0.136. The highest BCUT2D eigenvalue weighted by atomic mass is 32.2. The molecule has 0 bridgehead atoms. The van der Waals surface area contributed by atoms with Crippen molar-refractivity contribution in [2.24, 2.45) is 0 Å². The van der Waals surface area contributed by atoms with Crippen molar-refractivity contribution in [1.82, 2.24) is 14.8 Å². The maximum absolute atomic E-state index is 13.9. The molecule has 0 unspecified atom stereocenters. The third kappa shape index (κ3) is 4.51. The van der Waals surface area contributed by atoms with Crippen molar-refractivity contribution in [2.45, 2.75) is 11.7 Å². The summed E-state index contributed by atoms with van der Waals surface area (Å²) in [6.07, 6.45) is 1.56. The largest absolute Gasteiger partial charge is 0.496 e. The summed E-state index contributed by atoms with van der Waals surface area (Å²) in [4.78, 5) is 12.5. The molecule has 0 saturated heterocycles. The number of Topliss-reactive ketones (excluding diaryl/α,β-unsaturated/α-hetero) is 1. The number of rotatable bonds is 8. The molecule has 2 aromatic heterocycles. The number of thioether (sulfide) groups is 1. The number of para-hydroxylation sites is 1. The third-order valence-electron chi connectivity index (χ3n) is 4.52. The SMILES string of the molecule is COc1ccccc1-c1nnc(SCC(=O)c2cc(F)ccc2F)n1Cc1ccco1. The van der Waals surface area contributed by atoms with Gasteiger partial charge < -0.3 is 9.15 Å². The van der Waals surface area contributed by atoms with E-state index >= 15 is 0 Å². The summed E-state index contributed by atoms with van der Waals surface area (Å²) in [6, 6.07) is 13.7. The Kier molecular flexibility index (Phi) is 6.13. The monoisotopic (exact) mass is 441 g/mol. The Morgan fingerprint density at radius 2 is 1.97 bits per heavy atom. The van der Waals surface area contributed by atoms with E-state index < -0.39 is 17.4 Å². The molecule has 2 heterocycles. The molecule has 0 N–H and O–H groups in total. The number of carbonyl (C=O) groups excluding carboxylic acids is 1. The van der Waals surface area contributed by atoms with Gasteiger partial charge >= 0.3 is 0 Å². The molecular weight excluding hydrogens is 424 g/mol. The molecule has 4 rings (SSSR count). The summed E-state index contributed by atoms with van der Waals surface area (Å²) in [6.45, 7) is 0.318. The summed E-state index contributed by atoms with van der Waals surface area (Å²) in [5, 5.41) is 8.93. The summed E-state index contributed by atoms with van der Waals surface area (Å²) in [5.41, 5.74) is 0.424. The summed E-state index contributed by atoms with van der Waals surface area (Å²) < 4.78 is 40.0. The van der Waals surface area contributed by atoms with Gasteiger partial charge in [0, 0.05) is 0 Å². The van der Waals surface area contributed by atoms with Crippen LogP contribution in [0.4, 0.5) is 8.78 Å². The second kappa shape index (κ2) is 9.13. The van der Waals surface area contributed by atoms with Crippen LogP contribution in [-0.4, -0.2) is 33.4 Å². The number of aromatic nitrogens is 3. The van der Waals surface area contributed by atoms with Crippen LogP contribution in [0.5, 0.6) is 5.75 Å². The smallest absolute Gasteiger partial charge is 0.192 e. The first-order valence-electron chi connectivity index (χ1n) is 9.27. The van der Waals surface area contributed by atoms with Gasteiger partial charge in [0.05, 0.1) is 36.8 Å². The zero-order valence-corrected chi connectivity index (χ0v) is 17.2. The van der Waals surface area contributed by atoms with E-state index in [-0.39, 0.29) is 11.3 Å². The van der Waals surface area contributed by atoms with Gasteiger partial charge in [-0.3, -0.25) is 9.36 Å². The Morgan fingerprint density at radius 3 is 2.74 bits per heavy atom. The highest BCUT2D eigenvalue weighted by molar-refractivity contribution is 7.99. The van der Waals surface area contributed by atoms with E-state index in [4.69, 9.17) is 9.15 Å². The zero-order chi connectivity index (χ0) is 21.8. The van der Waals surface area contributed by atoms with E-state index in [1.54, 1.807) is 24.0 Å². The molecular formula is C22H17F2N3O3S.